The fraction of sp³-hybridized carbons (Fsp3) is 0.412. The van der Waals surface area contributed by atoms with Crippen molar-refractivity contribution in [2.45, 2.75) is 19.1 Å². The molecule has 6 nitrogen and oxygen atoms in total. The number of morpholine rings is 1. The first-order chi connectivity index (χ1) is 11.7. The second-order valence-electron chi connectivity index (χ2n) is 6.12. The molecule has 2 aliphatic heterocycles. The van der Waals surface area contributed by atoms with E-state index in [1.54, 1.807) is 11.0 Å². The quantitative estimate of drug-likeness (QED) is 0.850. The number of hydrogen-bond donors (Lipinski definition) is 2. The van der Waals surface area contributed by atoms with Crippen LogP contribution in [0.4, 0.5) is 4.39 Å². The summed E-state index contributed by atoms with van der Waals surface area (Å²) in [4.78, 5) is 14.6. The number of ether oxygens (including phenoxy) is 1. The Labute approximate surface area is 151 Å². The van der Waals surface area contributed by atoms with Crippen molar-refractivity contribution in [2.24, 2.45) is 0 Å². The van der Waals surface area contributed by atoms with Crippen molar-refractivity contribution >= 4 is 18.3 Å². The monoisotopic (exact) mass is 366 g/mol. The van der Waals surface area contributed by atoms with Crippen LogP contribution in [0.25, 0.3) is 0 Å². The second-order valence-corrected chi connectivity index (χ2v) is 6.12. The van der Waals surface area contributed by atoms with Crippen LogP contribution in [0.15, 0.2) is 24.3 Å². The summed E-state index contributed by atoms with van der Waals surface area (Å²) in [5.74, 6) is -0.395. The molecule has 3 heterocycles. The molecule has 2 N–H and O–H groups in total. The van der Waals surface area contributed by atoms with Crippen LogP contribution in [0.5, 0.6) is 0 Å². The minimum Gasteiger partial charge on any atom is -0.370 e. The third kappa shape index (κ3) is 3.53. The summed E-state index contributed by atoms with van der Waals surface area (Å²) in [6, 6.07) is 6.34. The molecule has 1 amide bonds. The van der Waals surface area contributed by atoms with Crippen molar-refractivity contribution in [2.75, 3.05) is 26.2 Å². The highest BCUT2D eigenvalue weighted by molar-refractivity contribution is 5.94. The van der Waals surface area contributed by atoms with E-state index in [0.717, 1.165) is 29.8 Å². The average molecular weight is 367 g/mol. The molecule has 0 radical (unpaired) electrons. The van der Waals surface area contributed by atoms with Gasteiger partial charge in [0, 0.05) is 37.3 Å². The lowest BCUT2D eigenvalue weighted by Gasteiger charge is -2.33. The molecular formula is C17H20ClFN4O2. The van der Waals surface area contributed by atoms with Gasteiger partial charge in [0.25, 0.3) is 5.91 Å². The van der Waals surface area contributed by atoms with Crippen LogP contribution in [0.2, 0.25) is 0 Å². The van der Waals surface area contributed by atoms with Crippen LogP contribution in [-0.2, 0) is 17.7 Å². The number of H-pyrrole nitrogens is 1. The van der Waals surface area contributed by atoms with Gasteiger partial charge in [-0.3, -0.25) is 9.89 Å². The van der Waals surface area contributed by atoms with Crippen molar-refractivity contribution in [3.05, 3.63) is 52.6 Å². The number of aromatic amines is 1. The third-order valence-corrected chi connectivity index (χ3v) is 4.58. The number of amides is 1. The summed E-state index contributed by atoms with van der Waals surface area (Å²) in [7, 11) is 0. The van der Waals surface area contributed by atoms with E-state index in [-0.39, 0.29) is 30.2 Å². The van der Waals surface area contributed by atoms with E-state index in [9.17, 15) is 9.18 Å². The number of fused-ring (bicyclic) bond motifs is 1. The first kappa shape index (κ1) is 17.8. The Hall–Kier alpha value is -1.96. The van der Waals surface area contributed by atoms with Crippen molar-refractivity contribution in [1.82, 2.24) is 20.4 Å². The fourth-order valence-electron chi connectivity index (χ4n) is 3.29. The molecule has 1 unspecified atom stereocenters. The van der Waals surface area contributed by atoms with Gasteiger partial charge in [-0.25, -0.2) is 4.39 Å². The van der Waals surface area contributed by atoms with Crippen molar-refractivity contribution < 1.29 is 13.9 Å². The average Bonchev–Trinajstić information content (AvgIpc) is 3.05. The summed E-state index contributed by atoms with van der Waals surface area (Å²) in [5, 5.41) is 10.5. The molecule has 1 atom stereocenters. The van der Waals surface area contributed by atoms with Crippen LogP contribution < -0.4 is 5.32 Å². The SMILES string of the molecule is Cl.O=C(c1n[nH]c2c1CNCC2)N1CCOC(c2cccc(F)c2)C1. The highest BCUT2D eigenvalue weighted by atomic mass is 35.5. The van der Waals surface area contributed by atoms with Gasteiger partial charge in [-0.2, -0.15) is 5.10 Å². The Morgan fingerprint density at radius 2 is 2.28 bits per heavy atom. The summed E-state index contributed by atoms with van der Waals surface area (Å²) in [6.07, 6.45) is 0.538. The molecule has 0 aliphatic carbocycles. The van der Waals surface area contributed by atoms with Gasteiger partial charge in [0.15, 0.2) is 5.69 Å². The number of rotatable bonds is 2. The molecule has 134 valence electrons. The van der Waals surface area contributed by atoms with E-state index in [4.69, 9.17) is 4.74 Å². The van der Waals surface area contributed by atoms with Gasteiger partial charge in [0.05, 0.1) is 13.2 Å². The normalized spacial score (nSPS) is 19.9. The van der Waals surface area contributed by atoms with E-state index >= 15 is 0 Å². The topological polar surface area (TPSA) is 70.2 Å². The number of benzene rings is 1. The number of aromatic nitrogens is 2. The number of carbonyl (C=O) groups is 1. The van der Waals surface area contributed by atoms with Crippen LogP contribution in [0, 0.1) is 5.82 Å². The molecule has 1 aromatic carbocycles. The van der Waals surface area contributed by atoms with Crippen LogP contribution in [0.1, 0.15) is 33.4 Å². The molecular weight excluding hydrogens is 347 g/mol. The van der Waals surface area contributed by atoms with E-state index in [2.05, 4.69) is 15.5 Å². The first-order valence-corrected chi connectivity index (χ1v) is 8.15. The number of hydrogen-bond acceptors (Lipinski definition) is 4. The maximum absolute atomic E-state index is 13.4. The molecule has 0 bridgehead atoms. The van der Waals surface area contributed by atoms with Gasteiger partial charge in [0.2, 0.25) is 0 Å². The lowest BCUT2D eigenvalue weighted by molar-refractivity contribution is -0.0231. The van der Waals surface area contributed by atoms with Crippen LogP contribution in [-0.4, -0.2) is 47.2 Å². The predicted molar refractivity (Wildman–Crippen MR) is 92.2 cm³/mol. The van der Waals surface area contributed by atoms with Crippen molar-refractivity contribution in [1.29, 1.82) is 0 Å². The van der Waals surface area contributed by atoms with Crippen molar-refractivity contribution in [3.8, 4) is 0 Å². The van der Waals surface area contributed by atoms with Gasteiger partial charge < -0.3 is 15.0 Å². The Morgan fingerprint density at radius 1 is 1.40 bits per heavy atom. The van der Waals surface area contributed by atoms with Crippen LogP contribution in [0.3, 0.4) is 0 Å². The number of carbonyl (C=O) groups excluding carboxylic acids is 1. The van der Waals surface area contributed by atoms with Gasteiger partial charge >= 0.3 is 0 Å². The molecule has 25 heavy (non-hydrogen) atoms. The van der Waals surface area contributed by atoms with E-state index < -0.39 is 0 Å². The first-order valence-electron chi connectivity index (χ1n) is 8.15. The number of nitrogens with one attached hydrogen (secondary N) is 2. The van der Waals surface area contributed by atoms with Gasteiger partial charge in [-0.05, 0) is 17.7 Å². The molecule has 2 aromatic rings. The molecule has 2 aliphatic rings. The summed E-state index contributed by atoms with van der Waals surface area (Å²) >= 11 is 0. The molecule has 1 fully saturated rings. The molecule has 4 rings (SSSR count). The Kier molecular flexibility index (Phi) is 5.36. The fourth-order valence-corrected chi connectivity index (χ4v) is 3.29. The minimum atomic E-state index is -0.314. The zero-order chi connectivity index (χ0) is 16.5. The number of nitrogens with zero attached hydrogens (tertiary/aromatic N) is 2. The Morgan fingerprint density at radius 3 is 3.12 bits per heavy atom. The zero-order valence-corrected chi connectivity index (χ0v) is 14.4. The summed E-state index contributed by atoms with van der Waals surface area (Å²) in [5.41, 5.74) is 3.22. The lowest BCUT2D eigenvalue weighted by atomic mass is 10.0. The van der Waals surface area contributed by atoms with E-state index in [1.807, 2.05) is 6.07 Å². The predicted octanol–water partition coefficient (Wildman–Crippen LogP) is 1.83. The van der Waals surface area contributed by atoms with E-state index in [0.29, 0.717) is 31.9 Å². The smallest absolute Gasteiger partial charge is 0.274 e. The Bertz CT molecular complexity index is 767. The van der Waals surface area contributed by atoms with Gasteiger partial charge in [-0.15, -0.1) is 12.4 Å². The molecule has 1 saturated heterocycles. The second kappa shape index (κ2) is 7.51. The molecule has 0 spiro atoms. The summed E-state index contributed by atoms with van der Waals surface area (Å²) < 4.78 is 19.2. The van der Waals surface area contributed by atoms with Crippen molar-refractivity contribution in [3.63, 3.8) is 0 Å². The largest absolute Gasteiger partial charge is 0.370 e. The van der Waals surface area contributed by atoms with E-state index in [1.165, 1.54) is 12.1 Å². The maximum Gasteiger partial charge on any atom is 0.274 e. The third-order valence-electron chi connectivity index (χ3n) is 4.58. The zero-order valence-electron chi connectivity index (χ0n) is 13.6. The molecule has 1 aromatic heterocycles. The minimum absolute atomic E-state index is 0. The standard InChI is InChI=1S/C17H19FN4O2.ClH/c18-12-3-1-2-11(8-12)15-10-22(6-7-24-15)17(23)16-13-9-19-5-4-14(13)20-21-16;/h1-3,8,15,19H,4-7,9-10H2,(H,20,21);1H. The highest BCUT2D eigenvalue weighted by Gasteiger charge is 2.30. The highest BCUT2D eigenvalue weighted by Crippen LogP contribution is 2.25. The number of halogens is 2. The van der Waals surface area contributed by atoms with Crippen LogP contribution >= 0.6 is 12.4 Å². The Balaban J connectivity index is 0.00000182. The maximum atomic E-state index is 13.4. The van der Waals surface area contributed by atoms with Gasteiger partial charge in [0.1, 0.15) is 11.9 Å². The molecule has 8 heteroatoms. The van der Waals surface area contributed by atoms with Gasteiger partial charge in [-0.1, -0.05) is 12.1 Å². The lowest BCUT2D eigenvalue weighted by Crippen LogP contribution is -2.43. The molecule has 0 saturated carbocycles. The summed E-state index contributed by atoms with van der Waals surface area (Å²) in [6.45, 7) is 2.89.